The highest BCUT2D eigenvalue weighted by atomic mass is 16.1. The maximum absolute atomic E-state index is 12.2. The second kappa shape index (κ2) is 5.49. The Labute approximate surface area is 113 Å². The molecule has 0 N–H and O–H groups in total. The molecule has 0 aliphatic rings. The third-order valence-electron chi connectivity index (χ3n) is 3.27. The Morgan fingerprint density at radius 1 is 1.05 bits per heavy atom. The Morgan fingerprint density at radius 3 is 2.11 bits per heavy atom. The van der Waals surface area contributed by atoms with Crippen LogP contribution < -0.4 is 0 Å². The van der Waals surface area contributed by atoms with Gasteiger partial charge in [-0.25, -0.2) is 0 Å². The van der Waals surface area contributed by atoms with Gasteiger partial charge >= 0.3 is 0 Å². The van der Waals surface area contributed by atoms with Gasteiger partial charge in [-0.2, -0.15) is 5.26 Å². The number of hydrogen-bond acceptors (Lipinski definition) is 2. The number of carbonyl (C=O) groups excluding carboxylic acids is 1. The summed E-state index contributed by atoms with van der Waals surface area (Å²) in [6.45, 7) is 1.81. The van der Waals surface area contributed by atoms with E-state index in [1.807, 2.05) is 55.5 Å². The smallest absolute Gasteiger partial charge is 0.164 e. The van der Waals surface area contributed by atoms with Gasteiger partial charge < -0.3 is 0 Å². The van der Waals surface area contributed by atoms with Crippen molar-refractivity contribution in [2.24, 2.45) is 0 Å². The first-order valence-corrected chi connectivity index (χ1v) is 6.21. The van der Waals surface area contributed by atoms with Gasteiger partial charge in [0.15, 0.2) is 5.78 Å². The summed E-state index contributed by atoms with van der Waals surface area (Å²) in [6, 6.07) is 20.8. The van der Waals surface area contributed by atoms with Crippen molar-refractivity contribution in [3.63, 3.8) is 0 Å². The van der Waals surface area contributed by atoms with Gasteiger partial charge in [-0.15, -0.1) is 0 Å². The summed E-state index contributed by atoms with van der Waals surface area (Å²) in [4.78, 5) is 12.2. The van der Waals surface area contributed by atoms with E-state index in [0.717, 1.165) is 5.56 Å². The Balaban J connectivity index is 2.26. The first kappa shape index (κ1) is 13.0. The van der Waals surface area contributed by atoms with E-state index in [0.29, 0.717) is 5.56 Å². The molecule has 19 heavy (non-hydrogen) atoms. The summed E-state index contributed by atoms with van der Waals surface area (Å²) in [5, 5.41) is 9.43. The van der Waals surface area contributed by atoms with Gasteiger partial charge in [0.25, 0.3) is 0 Å². The first-order valence-electron chi connectivity index (χ1n) is 6.21. The average molecular weight is 249 g/mol. The van der Waals surface area contributed by atoms with Crippen LogP contribution >= 0.6 is 0 Å². The second-order valence-corrected chi connectivity index (χ2v) is 4.78. The van der Waals surface area contributed by atoms with Gasteiger partial charge in [-0.1, -0.05) is 60.7 Å². The molecule has 0 saturated heterocycles. The molecule has 2 nitrogen and oxygen atoms in total. The summed E-state index contributed by atoms with van der Waals surface area (Å²) >= 11 is 0. The van der Waals surface area contributed by atoms with Crippen molar-refractivity contribution >= 4 is 5.78 Å². The van der Waals surface area contributed by atoms with E-state index in [-0.39, 0.29) is 12.2 Å². The molecule has 0 fully saturated rings. The number of Topliss-reactive ketones (excluding diaryl/α,β-unsaturated/α-hetero) is 1. The molecule has 2 aromatic carbocycles. The minimum absolute atomic E-state index is 0.00602. The molecule has 0 aliphatic carbocycles. The van der Waals surface area contributed by atoms with E-state index >= 15 is 0 Å². The molecule has 1 unspecified atom stereocenters. The number of nitrogens with zero attached hydrogens (tertiary/aromatic N) is 1. The molecule has 0 heterocycles. The van der Waals surface area contributed by atoms with E-state index in [4.69, 9.17) is 0 Å². The van der Waals surface area contributed by atoms with Gasteiger partial charge in [-0.3, -0.25) is 4.79 Å². The fraction of sp³-hybridized carbons (Fsp3) is 0.176. The summed E-state index contributed by atoms with van der Waals surface area (Å²) in [7, 11) is 0. The summed E-state index contributed by atoms with van der Waals surface area (Å²) in [6.07, 6.45) is 0.192. The van der Waals surface area contributed by atoms with Crippen LogP contribution in [-0.4, -0.2) is 5.78 Å². The number of rotatable bonds is 4. The number of carbonyl (C=O) groups is 1. The Kier molecular flexibility index (Phi) is 3.77. The number of benzene rings is 2. The van der Waals surface area contributed by atoms with E-state index in [2.05, 4.69) is 6.07 Å². The predicted octanol–water partition coefficient (Wildman–Crippen LogP) is 3.74. The van der Waals surface area contributed by atoms with Crippen LogP contribution in [0.1, 0.15) is 29.3 Å². The zero-order valence-electron chi connectivity index (χ0n) is 10.8. The summed E-state index contributed by atoms with van der Waals surface area (Å²) in [5.41, 5.74) is 0.746. The standard InChI is InChI=1S/C17H15NO/c1-17(13-18,15-10-6-3-7-11-15)12-16(19)14-8-4-2-5-9-14/h2-11H,12H2,1H3. The number of ketones is 1. The predicted molar refractivity (Wildman–Crippen MR) is 74.8 cm³/mol. The van der Waals surface area contributed by atoms with Crippen molar-refractivity contribution < 1.29 is 4.79 Å². The molecule has 1 atom stereocenters. The van der Waals surface area contributed by atoms with Crippen molar-refractivity contribution in [3.8, 4) is 6.07 Å². The van der Waals surface area contributed by atoms with E-state index in [9.17, 15) is 10.1 Å². The molecule has 0 aliphatic heterocycles. The van der Waals surface area contributed by atoms with Gasteiger partial charge in [0.2, 0.25) is 0 Å². The van der Waals surface area contributed by atoms with Crippen LogP contribution in [0.3, 0.4) is 0 Å². The number of nitriles is 1. The molecule has 2 heteroatoms. The van der Waals surface area contributed by atoms with Crippen LogP contribution in [0.25, 0.3) is 0 Å². The molecule has 0 aromatic heterocycles. The maximum Gasteiger partial charge on any atom is 0.164 e. The monoisotopic (exact) mass is 249 g/mol. The molecule has 0 saturated carbocycles. The van der Waals surface area contributed by atoms with Gasteiger partial charge in [0.05, 0.1) is 11.5 Å². The highest BCUT2D eigenvalue weighted by Gasteiger charge is 2.29. The number of hydrogen-bond donors (Lipinski definition) is 0. The Morgan fingerprint density at radius 2 is 1.58 bits per heavy atom. The fourth-order valence-electron chi connectivity index (χ4n) is 2.06. The lowest BCUT2D eigenvalue weighted by Gasteiger charge is -2.21. The zero-order chi connectivity index (χ0) is 13.7. The van der Waals surface area contributed by atoms with Crippen LogP contribution in [0.2, 0.25) is 0 Å². The molecule has 0 spiro atoms. The SMILES string of the molecule is CC(C#N)(CC(=O)c1ccccc1)c1ccccc1. The highest BCUT2D eigenvalue weighted by Crippen LogP contribution is 2.28. The highest BCUT2D eigenvalue weighted by molar-refractivity contribution is 5.97. The lowest BCUT2D eigenvalue weighted by atomic mass is 9.78. The van der Waals surface area contributed by atoms with E-state index in [1.54, 1.807) is 12.1 Å². The fourth-order valence-corrected chi connectivity index (χ4v) is 2.06. The third-order valence-corrected chi connectivity index (χ3v) is 3.27. The molecule has 2 aromatic rings. The molecular weight excluding hydrogens is 234 g/mol. The maximum atomic E-state index is 12.2. The van der Waals surface area contributed by atoms with Gasteiger partial charge in [0.1, 0.15) is 0 Å². The largest absolute Gasteiger partial charge is 0.294 e. The normalized spacial score (nSPS) is 13.3. The lowest BCUT2D eigenvalue weighted by Crippen LogP contribution is -2.23. The van der Waals surface area contributed by atoms with Gasteiger partial charge in [-0.05, 0) is 12.5 Å². The third kappa shape index (κ3) is 2.89. The average Bonchev–Trinajstić information content (AvgIpc) is 2.49. The van der Waals surface area contributed by atoms with Crippen LogP contribution in [0.15, 0.2) is 60.7 Å². The van der Waals surface area contributed by atoms with Crippen LogP contribution in [0, 0.1) is 11.3 Å². The van der Waals surface area contributed by atoms with E-state index < -0.39 is 5.41 Å². The van der Waals surface area contributed by atoms with Crippen LogP contribution in [-0.2, 0) is 5.41 Å². The molecule has 0 amide bonds. The Hall–Kier alpha value is -2.40. The topological polar surface area (TPSA) is 40.9 Å². The first-order chi connectivity index (χ1) is 9.15. The quantitative estimate of drug-likeness (QED) is 0.774. The zero-order valence-corrected chi connectivity index (χ0v) is 10.8. The molecule has 0 bridgehead atoms. The van der Waals surface area contributed by atoms with E-state index in [1.165, 1.54) is 0 Å². The molecule has 2 rings (SSSR count). The molecule has 0 radical (unpaired) electrons. The van der Waals surface area contributed by atoms with Crippen molar-refractivity contribution in [1.29, 1.82) is 5.26 Å². The minimum Gasteiger partial charge on any atom is -0.294 e. The van der Waals surface area contributed by atoms with Gasteiger partial charge in [0, 0.05) is 12.0 Å². The summed E-state index contributed by atoms with van der Waals surface area (Å²) in [5.74, 6) is -0.00602. The van der Waals surface area contributed by atoms with Crippen molar-refractivity contribution in [1.82, 2.24) is 0 Å². The minimum atomic E-state index is -0.784. The second-order valence-electron chi connectivity index (χ2n) is 4.78. The summed E-state index contributed by atoms with van der Waals surface area (Å²) < 4.78 is 0. The van der Waals surface area contributed by atoms with Crippen molar-refractivity contribution in [3.05, 3.63) is 71.8 Å². The van der Waals surface area contributed by atoms with Crippen molar-refractivity contribution in [2.75, 3.05) is 0 Å². The molecular formula is C17H15NO. The van der Waals surface area contributed by atoms with Crippen molar-refractivity contribution in [2.45, 2.75) is 18.8 Å². The van der Waals surface area contributed by atoms with Crippen LogP contribution in [0.5, 0.6) is 0 Å². The van der Waals surface area contributed by atoms with Crippen LogP contribution in [0.4, 0.5) is 0 Å². The molecule has 94 valence electrons. The Bertz CT molecular complexity index is 598. The lowest BCUT2D eigenvalue weighted by molar-refractivity contribution is 0.0965.